The van der Waals surface area contributed by atoms with Gasteiger partial charge in [0.05, 0.1) is 22.2 Å². The quantitative estimate of drug-likeness (QED) is 0.874. The van der Waals surface area contributed by atoms with E-state index in [-0.39, 0.29) is 34.6 Å². The molecule has 0 aromatic carbocycles. The third-order valence-corrected chi connectivity index (χ3v) is 3.52. The molecule has 2 aromatic heterocycles. The van der Waals surface area contributed by atoms with Crippen molar-refractivity contribution in [2.75, 3.05) is 5.32 Å². The summed E-state index contributed by atoms with van der Waals surface area (Å²) in [6, 6.07) is 1.81. The molecule has 2 rings (SSSR count). The average Bonchev–Trinajstić information content (AvgIpc) is 2.71. The van der Waals surface area contributed by atoms with Crippen LogP contribution in [-0.4, -0.2) is 20.6 Å². The number of carbonyl (C=O) groups excluding carboxylic acids is 1. The van der Waals surface area contributed by atoms with Crippen LogP contribution in [0.1, 0.15) is 52.2 Å². The molecule has 0 saturated carbocycles. The fourth-order valence-corrected chi connectivity index (χ4v) is 2.57. The minimum Gasteiger partial charge on any atom is -0.386 e. The molecule has 1 amide bonds. The average molecular weight is 357 g/mol. The summed E-state index contributed by atoms with van der Waals surface area (Å²) in [6.45, 7) is 8.54. The number of hydrogen-bond acceptors (Lipinski definition) is 3. The number of alkyl halides is 3. The van der Waals surface area contributed by atoms with Crippen LogP contribution in [0.4, 0.5) is 19.0 Å². The molecule has 0 saturated heterocycles. The first-order chi connectivity index (χ1) is 11.2. The van der Waals surface area contributed by atoms with Gasteiger partial charge < -0.3 is 10.4 Å². The monoisotopic (exact) mass is 357 g/mol. The fraction of sp³-hybridized carbons (Fsp3) is 0.529. The lowest BCUT2D eigenvalue weighted by Crippen LogP contribution is -2.23. The van der Waals surface area contributed by atoms with Gasteiger partial charge in [0.15, 0.2) is 5.82 Å². The highest BCUT2D eigenvalue weighted by molar-refractivity contribution is 5.92. The summed E-state index contributed by atoms with van der Waals surface area (Å²) in [7, 11) is 0. The Kier molecular flexibility index (Phi) is 4.63. The summed E-state index contributed by atoms with van der Waals surface area (Å²) in [6.07, 6.45) is -3.15. The Morgan fingerprint density at radius 2 is 1.84 bits per heavy atom. The number of rotatable bonds is 3. The molecule has 0 radical (unpaired) electrons. The predicted octanol–water partition coefficient (Wildman–Crippen LogP) is 3.96. The van der Waals surface area contributed by atoms with Crippen LogP contribution in [0.25, 0.3) is 5.52 Å². The zero-order chi connectivity index (χ0) is 19.2. The van der Waals surface area contributed by atoms with E-state index in [4.69, 9.17) is 0 Å². The summed E-state index contributed by atoms with van der Waals surface area (Å²) in [5.74, 6) is -0.265. The number of nitrogens with one attached hydrogen (secondary N) is 1. The topological polar surface area (TPSA) is 66.6 Å². The van der Waals surface area contributed by atoms with Gasteiger partial charge in [-0.05, 0) is 31.4 Å². The normalized spacial score (nSPS) is 13.3. The second kappa shape index (κ2) is 6.01. The number of halogens is 3. The molecule has 25 heavy (non-hydrogen) atoms. The van der Waals surface area contributed by atoms with Gasteiger partial charge in [-0.1, -0.05) is 20.8 Å². The van der Waals surface area contributed by atoms with Crippen LogP contribution in [-0.2, 0) is 16.6 Å². The number of aromatic nitrogens is 2. The minimum absolute atomic E-state index is 0.0566. The molecule has 2 aromatic rings. The predicted molar refractivity (Wildman–Crippen MR) is 88.1 cm³/mol. The molecule has 0 aliphatic heterocycles. The van der Waals surface area contributed by atoms with E-state index in [1.54, 1.807) is 0 Å². The van der Waals surface area contributed by atoms with E-state index < -0.39 is 17.3 Å². The standard InChI is InChI=1S/C17H22F3N3O2/c1-15(2,3)9-12(24)21-14-13(16(4,5)25)11-8-10(17(18,19)20)6-7-23(11)22-14/h6-8,25H,9H2,1-5H3,(H,21,22,24). The van der Waals surface area contributed by atoms with Crippen molar-refractivity contribution < 1.29 is 23.1 Å². The third-order valence-electron chi connectivity index (χ3n) is 3.52. The first-order valence-electron chi connectivity index (χ1n) is 7.81. The highest BCUT2D eigenvalue weighted by atomic mass is 19.4. The van der Waals surface area contributed by atoms with Crippen molar-refractivity contribution in [3.8, 4) is 0 Å². The van der Waals surface area contributed by atoms with Crippen LogP contribution in [0.15, 0.2) is 18.3 Å². The molecule has 5 nitrogen and oxygen atoms in total. The SMILES string of the molecule is CC(C)(C)CC(=O)Nc1nn2ccc(C(F)(F)F)cc2c1C(C)(C)O. The van der Waals surface area contributed by atoms with Crippen LogP contribution < -0.4 is 5.32 Å². The zero-order valence-corrected chi connectivity index (χ0v) is 14.8. The van der Waals surface area contributed by atoms with E-state index in [0.29, 0.717) is 0 Å². The zero-order valence-electron chi connectivity index (χ0n) is 14.8. The Morgan fingerprint density at radius 1 is 1.24 bits per heavy atom. The van der Waals surface area contributed by atoms with E-state index in [9.17, 15) is 23.1 Å². The van der Waals surface area contributed by atoms with Gasteiger partial charge in [-0.25, -0.2) is 4.52 Å². The minimum atomic E-state index is -4.52. The van der Waals surface area contributed by atoms with Crippen molar-refractivity contribution in [1.29, 1.82) is 0 Å². The molecule has 8 heteroatoms. The Bertz CT molecular complexity index is 796. The number of aliphatic hydroxyl groups is 1. The second-order valence-corrected chi connectivity index (χ2v) is 7.81. The van der Waals surface area contributed by atoms with Crippen molar-refractivity contribution in [3.63, 3.8) is 0 Å². The fourth-order valence-electron chi connectivity index (χ4n) is 2.57. The molecule has 0 bridgehead atoms. The molecule has 0 unspecified atom stereocenters. The first-order valence-corrected chi connectivity index (χ1v) is 7.81. The van der Waals surface area contributed by atoms with Crippen molar-refractivity contribution >= 4 is 17.2 Å². The van der Waals surface area contributed by atoms with Gasteiger partial charge >= 0.3 is 6.18 Å². The number of anilines is 1. The highest BCUT2D eigenvalue weighted by Crippen LogP contribution is 2.36. The van der Waals surface area contributed by atoms with Gasteiger partial charge in [0, 0.05) is 12.6 Å². The molecule has 0 aliphatic rings. The Balaban J connectivity index is 2.55. The third kappa shape index (κ3) is 4.50. The van der Waals surface area contributed by atoms with Gasteiger partial charge in [0.1, 0.15) is 0 Å². The molecule has 0 atom stereocenters. The molecular formula is C17H22F3N3O2. The lowest BCUT2D eigenvalue weighted by Gasteiger charge is -2.20. The van der Waals surface area contributed by atoms with Crippen LogP contribution >= 0.6 is 0 Å². The molecule has 2 N–H and O–H groups in total. The molecule has 138 valence electrons. The number of hydrogen-bond donors (Lipinski definition) is 2. The van der Waals surface area contributed by atoms with E-state index in [1.165, 1.54) is 18.4 Å². The smallest absolute Gasteiger partial charge is 0.386 e. The summed E-state index contributed by atoms with van der Waals surface area (Å²) in [5, 5.41) is 17.1. The Morgan fingerprint density at radius 3 is 2.32 bits per heavy atom. The maximum absolute atomic E-state index is 13.0. The first kappa shape index (κ1) is 19.2. The summed E-state index contributed by atoms with van der Waals surface area (Å²) in [4.78, 5) is 12.2. The molecule has 0 fully saturated rings. The molecule has 0 spiro atoms. The number of pyridine rings is 1. The van der Waals surface area contributed by atoms with E-state index >= 15 is 0 Å². The summed E-state index contributed by atoms with van der Waals surface area (Å²) in [5.41, 5.74) is -2.37. The highest BCUT2D eigenvalue weighted by Gasteiger charge is 2.33. The second-order valence-electron chi connectivity index (χ2n) is 7.81. The molecular weight excluding hydrogens is 335 g/mol. The van der Waals surface area contributed by atoms with Gasteiger partial charge in [0.2, 0.25) is 5.91 Å². The van der Waals surface area contributed by atoms with Crippen LogP contribution in [0.2, 0.25) is 0 Å². The maximum Gasteiger partial charge on any atom is 0.416 e. The Hall–Kier alpha value is -2.09. The van der Waals surface area contributed by atoms with Crippen LogP contribution in [0, 0.1) is 5.41 Å². The lowest BCUT2D eigenvalue weighted by atomic mass is 9.92. The van der Waals surface area contributed by atoms with Gasteiger partial charge in [0.25, 0.3) is 0 Å². The summed E-state index contributed by atoms with van der Waals surface area (Å²) < 4.78 is 40.2. The Labute approximate surface area is 143 Å². The summed E-state index contributed by atoms with van der Waals surface area (Å²) >= 11 is 0. The van der Waals surface area contributed by atoms with E-state index in [0.717, 1.165) is 18.3 Å². The largest absolute Gasteiger partial charge is 0.416 e. The number of fused-ring (bicyclic) bond motifs is 1. The number of carbonyl (C=O) groups is 1. The van der Waals surface area contributed by atoms with E-state index in [2.05, 4.69) is 10.4 Å². The van der Waals surface area contributed by atoms with Crippen molar-refractivity contribution in [1.82, 2.24) is 9.61 Å². The number of amides is 1. The lowest BCUT2D eigenvalue weighted by molar-refractivity contribution is -0.137. The van der Waals surface area contributed by atoms with Crippen molar-refractivity contribution in [2.24, 2.45) is 5.41 Å². The van der Waals surface area contributed by atoms with Crippen molar-refractivity contribution in [3.05, 3.63) is 29.5 Å². The molecule has 2 heterocycles. The maximum atomic E-state index is 13.0. The van der Waals surface area contributed by atoms with Gasteiger partial charge in [-0.3, -0.25) is 4.79 Å². The van der Waals surface area contributed by atoms with Gasteiger partial charge in [-0.15, -0.1) is 5.10 Å². The molecule has 0 aliphatic carbocycles. The van der Waals surface area contributed by atoms with E-state index in [1.807, 2.05) is 20.8 Å². The van der Waals surface area contributed by atoms with Gasteiger partial charge in [-0.2, -0.15) is 13.2 Å². The van der Waals surface area contributed by atoms with Crippen LogP contribution in [0.5, 0.6) is 0 Å². The van der Waals surface area contributed by atoms with Crippen molar-refractivity contribution in [2.45, 2.75) is 52.8 Å². The van der Waals surface area contributed by atoms with Crippen LogP contribution in [0.3, 0.4) is 0 Å². The number of nitrogens with zero attached hydrogens (tertiary/aromatic N) is 2.